The van der Waals surface area contributed by atoms with E-state index in [4.69, 9.17) is 14.2 Å². The van der Waals surface area contributed by atoms with E-state index < -0.39 is 18.2 Å². The molecule has 0 amide bonds. The molecule has 3 N–H and O–H groups in total. The second-order valence-corrected chi connectivity index (χ2v) is 8.70. The number of carboxylic acids is 1. The van der Waals surface area contributed by atoms with Gasteiger partial charge in [-0.2, -0.15) is 0 Å². The summed E-state index contributed by atoms with van der Waals surface area (Å²) < 4.78 is 16.1. The van der Waals surface area contributed by atoms with E-state index >= 15 is 0 Å². The Bertz CT molecular complexity index is 929. The SMILES string of the molecule is CCOC(Oc1c(C(=O)OC)sc(-c2cccc(NC3CCNCC3)c2)c1Br)C(=O)O. The molecule has 3 rings (SSSR count). The number of piperidine rings is 1. The summed E-state index contributed by atoms with van der Waals surface area (Å²) in [6, 6.07) is 8.26. The summed E-state index contributed by atoms with van der Waals surface area (Å²) in [6.07, 6.45) is 0.552. The fourth-order valence-corrected chi connectivity index (χ4v) is 5.22. The Balaban J connectivity index is 1.94. The van der Waals surface area contributed by atoms with Gasteiger partial charge >= 0.3 is 11.9 Å². The van der Waals surface area contributed by atoms with Gasteiger partial charge in [0, 0.05) is 18.3 Å². The maximum atomic E-state index is 12.4. The standard InChI is InChI=1S/C21H25BrN2O6S/c1-3-29-21(19(25)26)30-16-15(22)17(31-18(16)20(27)28-2)12-5-4-6-14(11-12)24-13-7-9-23-10-8-13/h4-6,11,13,21,23-24H,3,7-10H2,1-2H3,(H,25,26). The Morgan fingerprint density at radius 3 is 2.74 bits per heavy atom. The number of anilines is 1. The van der Waals surface area contributed by atoms with Crippen molar-refractivity contribution in [1.29, 1.82) is 0 Å². The first kappa shape index (κ1) is 23.5. The molecule has 1 aromatic heterocycles. The summed E-state index contributed by atoms with van der Waals surface area (Å²) in [5, 5.41) is 16.3. The second kappa shape index (κ2) is 10.9. The smallest absolute Gasteiger partial charge is 0.373 e. The zero-order chi connectivity index (χ0) is 22.4. The Kier molecular flexibility index (Phi) is 8.30. The number of methoxy groups -OCH3 is 1. The minimum atomic E-state index is -1.54. The number of halogens is 1. The van der Waals surface area contributed by atoms with E-state index in [-0.39, 0.29) is 17.2 Å². The van der Waals surface area contributed by atoms with Crippen molar-refractivity contribution in [2.75, 3.05) is 32.1 Å². The van der Waals surface area contributed by atoms with Crippen LogP contribution >= 0.6 is 27.3 Å². The molecule has 1 atom stereocenters. The van der Waals surface area contributed by atoms with Gasteiger partial charge in [-0.25, -0.2) is 9.59 Å². The van der Waals surface area contributed by atoms with E-state index in [0.717, 1.165) is 42.1 Å². The van der Waals surface area contributed by atoms with Crippen LogP contribution in [0.25, 0.3) is 10.4 Å². The molecule has 31 heavy (non-hydrogen) atoms. The lowest BCUT2D eigenvalue weighted by Crippen LogP contribution is -2.35. The lowest BCUT2D eigenvalue weighted by molar-refractivity contribution is -0.170. The maximum Gasteiger partial charge on any atom is 0.373 e. The molecular formula is C21H25BrN2O6S. The van der Waals surface area contributed by atoms with Gasteiger partial charge in [-0.1, -0.05) is 12.1 Å². The van der Waals surface area contributed by atoms with Crippen molar-refractivity contribution >= 4 is 44.9 Å². The van der Waals surface area contributed by atoms with Crippen molar-refractivity contribution in [3.8, 4) is 16.2 Å². The Morgan fingerprint density at radius 2 is 2.10 bits per heavy atom. The number of aliphatic carboxylic acids is 1. The van der Waals surface area contributed by atoms with Crippen LogP contribution in [-0.2, 0) is 14.3 Å². The average Bonchev–Trinajstić information content (AvgIpc) is 3.10. The summed E-state index contributed by atoms with van der Waals surface area (Å²) in [6.45, 7) is 3.78. The highest BCUT2D eigenvalue weighted by molar-refractivity contribution is 9.10. The number of nitrogens with one attached hydrogen (secondary N) is 2. The molecule has 8 nitrogen and oxygen atoms in total. The predicted octanol–water partition coefficient (Wildman–Crippen LogP) is 3.95. The number of ether oxygens (including phenoxy) is 3. The van der Waals surface area contributed by atoms with Gasteiger partial charge in [0.2, 0.25) is 0 Å². The number of carboxylic acid groups (broad SMARTS) is 1. The Labute approximate surface area is 193 Å². The Hall–Kier alpha value is -2.14. The molecule has 1 saturated heterocycles. The molecule has 0 saturated carbocycles. The van der Waals surface area contributed by atoms with Crippen LogP contribution in [0.4, 0.5) is 5.69 Å². The third kappa shape index (κ3) is 5.76. The molecule has 0 aliphatic carbocycles. The Morgan fingerprint density at radius 1 is 1.35 bits per heavy atom. The molecule has 0 bridgehead atoms. The van der Waals surface area contributed by atoms with Gasteiger partial charge in [0.25, 0.3) is 6.29 Å². The van der Waals surface area contributed by atoms with Gasteiger partial charge in [-0.05, 0) is 66.5 Å². The van der Waals surface area contributed by atoms with Crippen LogP contribution in [0.1, 0.15) is 29.4 Å². The number of carbonyl (C=O) groups is 2. The molecule has 1 aromatic carbocycles. The van der Waals surface area contributed by atoms with Crippen LogP contribution in [0.2, 0.25) is 0 Å². The molecule has 0 spiro atoms. The molecule has 1 fully saturated rings. The fraction of sp³-hybridized carbons (Fsp3) is 0.429. The first-order valence-electron chi connectivity index (χ1n) is 9.94. The van der Waals surface area contributed by atoms with Crippen LogP contribution in [0.3, 0.4) is 0 Å². The molecule has 10 heteroatoms. The van der Waals surface area contributed by atoms with Crippen LogP contribution in [0.15, 0.2) is 28.7 Å². The summed E-state index contributed by atoms with van der Waals surface area (Å²) in [7, 11) is 1.26. The van der Waals surface area contributed by atoms with Gasteiger partial charge in [-0.3, -0.25) is 0 Å². The lowest BCUT2D eigenvalue weighted by atomic mass is 10.1. The molecule has 2 heterocycles. The van der Waals surface area contributed by atoms with Crippen LogP contribution in [-0.4, -0.2) is 56.2 Å². The predicted molar refractivity (Wildman–Crippen MR) is 122 cm³/mol. The number of carbonyl (C=O) groups excluding carboxylic acids is 1. The topological polar surface area (TPSA) is 106 Å². The molecular weight excluding hydrogens is 488 g/mol. The molecule has 1 aliphatic rings. The number of rotatable bonds is 9. The molecule has 0 radical (unpaired) electrons. The van der Waals surface area contributed by atoms with Gasteiger partial charge < -0.3 is 30.0 Å². The number of hydrogen-bond donors (Lipinski definition) is 3. The van der Waals surface area contributed by atoms with E-state index in [1.807, 2.05) is 24.3 Å². The molecule has 1 unspecified atom stereocenters. The minimum Gasteiger partial charge on any atom is -0.477 e. The minimum absolute atomic E-state index is 0.0874. The van der Waals surface area contributed by atoms with Crippen molar-refractivity contribution in [2.45, 2.75) is 32.1 Å². The maximum absolute atomic E-state index is 12.4. The first-order chi connectivity index (χ1) is 14.9. The zero-order valence-electron chi connectivity index (χ0n) is 17.3. The number of esters is 1. The number of benzene rings is 1. The second-order valence-electron chi connectivity index (χ2n) is 6.89. The highest BCUT2D eigenvalue weighted by Crippen LogP contribution is 2.46. The van der Waals surface area contributed by atoms with Crippen LogP contribution < -0.4 is 15.4 Å². The summed E-state index contributed by atoms with van der Waals surface area (Å²) in [5.41, 5.74) is 1.84. The lowest BCUT2D eigenvalue weighted by Gasteiger charge is -2.24. The van der Waals surface area contributed by atoms with Gasteiger partial charge in [0.15, 0.2) is 10.6 Å². The third-order valence-electron chi connectivity index (χ3n) is 4.76. The quantitative estimate of drug-likeness (QED) is 0.342. The van der Waals surface area contributed by atoms with E-state index in [2.05, 4.69) is 26.6 Å². The highest BCUT2D eigenvalue weighted by Gasteiger charge is 2.29. The largest absolute Gasteiger partial charge is 0.477 e. The van der Waals surface area contributed by atoms with Crippen molar-refractivity contribution in [2.24, 2.45) is 0 Å². The molecule has 1 aliphatic heterocycles. The fourth-order valence-electron chi connectivity index (χ4n) is 3.28. The van der Waals surface area contributed by atoms with Crippen molar-refractivity contribution < 1.29 is 28.9 Å². The van der Waals surface area contributed by atoms with Crippen molar-refractivity contribution in [1.82, 2.24) is 5.32 Å². The highest BCUT2D eigenvalue weighted by atomic mass is 79.9. The summed E-state index contributed by atoms with van der Waals surface area (Å²) in [4.78, 5) is 24.7. The van der Waals surface area contributed by atoms with E-state index in [0.29, 0.717) is 10.5 Å². The summed E-state index contributed by atoms with van der Waals surface area (Å²) in [5.74, 6) is -1.81. The normalized spacial score (nSPS) is 15.3. The van der Waals surface area contributed by atoms with Gasteiger partial charge in [0.1, 0.15) is 0 Å². The summed E-state index contributed by atoms with van der Waals surface area (Å²) >= 11 is 4.65. The first-order valence-corrected chi connectivity index (χ1v) is 11.5. The monoisotopic (exact) mass is 512 g/mol. The zero-order valence-corrected chi connectivity index (χ0v) is 19.7. The van der Waals surface area contributed by atoms with Crippen LogP contribution in [0, 0.1) is 0 Å². The molecule has 2 aromatic rings. The van der Waals surface area contributed by atoms with Crippen molar-refractivity contribution in [3.63, 3.8) is 0 Å². The van der Waals surface area contributed by atoms with Gasteiger partial charge in [0.05, 0.1) is 16.5 Å². The van der Waals surface area contributed by atoms with E-state index in [1.54, 1.807) is 6.92 Å². The van der Waals surface area contributed by atoms with Gasteiger partial charge in [-0.15, -0.1) is 11.3 Å². The van der Waals surface area contributed by atoms with E-state index in [9.17, 15) is 14.7 Å². The van der Waals surface area contributed by atoms with Crippen LogP contribution in [0.5, 0.6) is 5.75 Å². The third-order valence-corrected chi connectivity index (χ3v) is 6.98. The van der Waals surface area contributed by atoms with Crippen molar-refractivity contribution in [3.05, 3.63) is 33.6 Å². The molecule has 168 valence electrons. The number of hydrogen-bond acceptors (Lipinski definition) is 8. The van der Waals surface area contributed by atoms with E-state index in [1.165, 1.54) is 18.4 Å². The average molecular weight is 513 g/mol. The number of thiophene rings is 1.